The predicted molar refractivity (Wildman–Crippen MR) is 77.5 cm³/mol. The molecule has 2 saturated carbocycles. The fourth-order valence-corrected chi connectivity index (χ4v) is 4.33. The summed E-state index contributed by atoms with van der Waals surface area (Å²) in [6.45, 7) is 4.20. The Morgan fingerprint density at radius 2 is 2.09 bits per heavy atom. The fraction of sp³-hybridized carbons (Fsp3) is 0.471. The Morgan fingerprint density at radius 3 is 2.73 bits per heavy atom. The van der Waals surface area contributed by atoms with Crippen LogP contribution >= 0.6 is 0 Å². The van der Waals surface area contributed by atoms with Gasteiger partial charge in [0.05, 0.1) is 5.56 Å². The van der Waals surface area contributed by atoms with Crippen LogP contribution in [0.15, 0.2) is 28.8 Å². The smallest absolute Gasteiger partial charge is 0.241 e. The zero-order valence-corrected chi connectivity index (χ0v) is 12.6. The molecule has 1 heterocycles. The van der Waals surface area contributed by atoms with Crippen LogP contribution in [-0.4, -0.2) is 15.9 Å². The molecule has 2 aromatic rings. The first kappa shape index (κ1) is 13.6. The summed E-state index contributed by atoms with van der Waals surface area (Å²) in [5.74, 6) is 0.706. The van der Waals surface area contributed by atoms with Crippen LogP contribution in [0.4, 0.5) is 4.39 Å². The predicted octanol–water partition coefficient (Wildman–Crippen LogP) is 3.52. The largest absolute Gasteiger partial charge is 0.338 e. The van der Waals surface area contributed by atoms with Crippen molar-refractivity contribution >= 4 is 5.78 Å². The first-order chi connectivity index (χ1) is 10.5. The van der Waals surface area contributed by atoms with E-state index in [4.69, 9.17) is 4.52 Å². The topological polar surface area (TPSA) is 56.0 Å². The Balaban J connectivity index is 1.82. The number of carbonyl (C=O) groups is 1. The molecule has 114 valence electrons. The van der Waals surface area contributed by atoms with Gasteiger partial charge in [-0.15, -0.1) is 0 Å². The van der Waals surface area contributed by atoms with E-state index in [0.717, 1.165) is 12.8 Å². The summed E-state index contributed by atoms with van der Waals surface area (Å²) in [4.78, 5) is 17.0. The average Bonchev–Trinajstić information content (AvgIpc) is 3.10. The van der Waals surface area contributed by atoms with Crippen LogP contribution in [-0.2, 0) is 10.2 Å². The number of aromatic nitrogens is 2. The molecule has 1 aromatic carbocycles. The van der Waals surface area contributed by atoms with E-state index in [2.05, 4.69) is 24.0 Å². The molecule has 0 spiro atoms. The van der Waals surface area contributed by atoms with Gasteiger partial charge in [0.1, 0.15) is 17.0 Å². The van der Waals surface area contributed by atoms with Gasteiger partial charge in [-0.2, -0.15) is 4.98 Å². The van der Waals surface area contributed by atoms with Crippen LogP contribution in [0.5, 0.6) is 0 Å². The van der Waals surface area contributed by atoms with Crippen LogP contribution in [0.25, 0.3) is 11.4 Å². The highest BCUT2D eigenvalue weighted by molar-refractivity contribution is 5.94. The number of Topliss-reactive ketones (excluding diaryl/α,β-unsaturated/α-hetero) is 1. The highest BCUT2D eigenvalue weighted by atomic mass is 19.1. The second-order valence-electron chi connectivity index (χ2n) is 6.89. The number of fused-ring (bicyclic) bond motifs is 2. The van der Waals surface area contributed by atoms with Gasteiger partial charge >= 0.3 is 0 Å². The van der Waals surface area contributed by atoms with Crippen molar-refractivity contribution in [1.29, 1.82) is 0 Å². The van der Waals surface area contributed by atoms with E-state index in [-0.39, 0.29) is 17.0 Å². The molecule has 2 atom stereocenters. The molecule has 0 N–H and O–H groups in total. The molecule has 2 aliphatic carbocycles. The van der Waals surface area contributed by atoms with E-state index in [0.29, 0.717) is 23.8 Å². The molecule has 4 rings (SSSR count). The summed E-state index contributed by atoms with van der Waals surface area (Å²) in [5.41, 5.74) is -0.594. The Labute approximate surface area is 127 Å². The zero-order valence-electron chi connectivity index (χ0n) is 12.6. The number of benzene rings is 1. The Hall–Kier alpha value is -2.04. The molecule has 0 aliphatic heterocycles. The van der Waals surface area contributed by atoms with E-state index in [9.17, 15) is 9.18 Å². The minimum atomic E-state index is -0.700. The van der Waals surface area contributed by atoms with Crippen LogP contribution in [0.1, 0.15) is 39.0 Å². The molecule has 0 amide bonds. The maximum atomic E-state index is 13.9. The number of ketones is 1. The zero-order chi connectivity index (χ0) is 15.5. The van der Waals surface area contributed by atoms with Crippen molar-refractivity contribution < 1.29 is 13.7 Å². The van der Waals surface area contributed by atoms with Crippen LogP contribution < -0.4 is 0 Å². The molecule has 0 saturated heterocycles. The maximum Gasteiger partial charge on any atom is 0.241 e. The van der Waals surface area contributed by atoms with Crippen molar-refractivity contribution in [1.82, 2.24) is 10.1 Å². The normalized spacial score (nSPS) is 29.2. The second-order valence-corrected chi connectivity index (χ2v) is 6.89. The molecular weight excluding hydrogens is 283 g/mol. The molecule has 0 unspecified atom stereocenters. The van der Waals surface area contributed by atoms with Gasteiger partial charge in [-0.05, 0) is 36.3 Å². The molecule has 2 fully saturated rings. The van der Waals surface area contributed by atoms with Gasteiger partial charge < -0.3 is 4.52 Å². The quantitative estimate of drug-likeness (QED) is 0.851. The van der Waals surface area contributed by atoms with Gasteiger partial charge in [0.25, 0.3) is 0 Å². The average molecular weight is 300 g/mol. The first-order valence-electron chi connectivity index (χ1n) is 7.59. The van der Waals surface area contributed by atoms with Gasteiger partial charge in [-0.25, -0.2) is 4.39 Å². The lowest BCUT2D eigenvalue weighted by Crippen LogP contribution is -2.40. The lowest BCUT2D eigenvalue weighted by atomic mass is 9.69. The van der Waals surface area contributed by atoms with Gasteiger partial charge in [0, 0.05) is 6.42 Å². The standard InChI is InChI=1S/C17H17FN2O2/c1-16(2)10-7-8-17(16,13(21)9-10)15-19-14(20-22-15)11-5-3-4-6-12(11)18/h3-6,10H,7-9H2,1-2H3/t10-,17+/m1/s1. The Morgan fingerprint density at radius 1 is 1.32 bits per heavy atom. The number of nitrogens with zero attached hydrogens (tertiary/aromatic N) is 2. The number of carbonyl (C=O) groups excluding carboxylic acids is 1. The van der Waals surface area contributed by atoms with E-state index in [1.54, 1.807) is 18.2 Å². The molecule has 5 heteroatoms. The lowest BCUT2D eigenvalue weighted by molar-refractivity contribution is -0.125. The summed E-state index contributed by atoms with van der Waals surface area (Å²) < 4.78 is 19.3. The summed E-state index contributed by atoms with van der Waals surface area (Å²) in [6, 6.07) is 6.31. The van der Waals surface area contributed by atoms with Gasteiger partial charge in [-0.3, -0.25) is 4.79 Å². The van der Waals surface area contributed by atoms with Gasteiger partial charge in [-0.1, -0.05) is 31.1 Å². The first-order valence-corrected chi connectivity index (χ1v) is 7.59. The number of hydrogen-bond donors (Lipinski definition) is 0. The summed E-state index contributed by atoms with van der Waals surface area (Å²) in [7, 11) is 0. The highest BCUT2D eigenvalue weighted by Crippen LogP contribution is 2.64. The third kappa shape index (κ3) is 1.49. The second kappa shape index (κ2) is 4.24. The third-order valence-electron chi connectivity index (χ3n) is 5.80. The van der Waals surface area contributed by atoms with Crippen molar-refractivity contribution in [3.63, 3.8) is 0 Å². The number of rotatable bonds is 2. The maximum absolute atomic E-state index is 13.9. The molecule has 0 radical (unpaired) electrons. The van der Waals surface area contributed by atoms with Crippen molar-refractivity contribution in [2.75, 3.05) is 0 Å². The number of hydrogen-bond acceptors (Lipinski definition) is 4. The van der Waals surface area contributed by atoms with Crippen molar-refractivity contribution in [3.05, 3.63) is 36.0 Å². The van der Waals surface area contributed by atoms with Crippen molar-refractivity contribution in [3.8, 4) is 11.4 Å². The van der Waals surface area contributed by atoms with Gasteiger partial charge in [0.2, 0.25) is 11.7 Å². The van der Waals surface area contributed by atoms with E-state index < -0.39 is 11.2 Å². The van der Waals surface area contributed by atoms with Crippen molar-refractivity contribution in [2.45, 2.75) is 38.5 Å². The lowest BCUT2D eigenvalue weighted by Gasteiger charge is -2.32. The molecular formula is C17H17FN2O2. The van der Waals surface area contributed by atoms with Crippen LogP contribution in [0.3, 0.4) is 0 Å². The number of halogens is 1. The Bertz CT molecular complexity index is 768. The molecule has 2 aliphatic rings. The minimum absolute atomic E-state index is 0.178. The fourth-order valence-electron chi connectivity index (χ4n) is 4.33. The molecule has 4 nitrogen and oxygen atoms in total. The third-order valence-corrected chi connectivity index (χ3v) is 5.80. The summed E-state index contributed by atoms with van der Waals surface area (Å²) >= 11 is 0. The highest BCUT2D eigenvalue weighted by Gasteiger charge is 2.67. The Kier molecular flexibility index (Phi) is 2.63. The summed E-state index contributed by atoms with van der Waals surface area (Å²) in [5, 5.41) is 3.93. The molecule has 1 aromatic heterocycles. The monoisotopic (exact) mass is 300 g/mol. The SMILES string of the molecule is CC1(C)[C@@H]2CC[C@@]1(c1nc(-c3ccccc3F)no1)C(=O)C2. The van der Waals surface area contributed by atoms with E-state index >= 15 is 0 Å². The van der Waals surface area contributed by atoms with Gasteiger partial charge in [0.15, 0.2) is 0 Å². The summed E-state index contributed by atoms with van der Waals surface area (Å²) in [6.07, 6.45) is 2.31. The van der Waals surface area contributed by atoms with Crippen LogP contribution in [0.2, 0.25) is 0 Å². The molecule has 22 heavy (non-hydrogen) atoms. The van der Waals surface area contributed by atoms with Crippen LogP contribution in [0, 0.1) is 17.2 Å². The van der Waals surface area contributed by atoms with E-state index in [1.165, 1.54) is 6.07 Å². The molecule has 2 bridgehead atoms. The van der Waals surface area contributed by atoms with E-state index in [1.807, 2.05) is 0 Å². The minimum Gasteiger partial charge on any atom is -0.338 e. The van der Waals surface area contributed by atoms with Crippen molar-refractivity contribution in [2.24, 2.45) is 11.3 Å².